The number of ether oxygens (including phenoxy) is 2. The maximum atomic E-state index is 13.0. The van der Waals surface area contributed by atoms with Gasteiger partial charge in [0.05, 0.1) is 18.3 Å². The van der Waals surface area contributed by atoms with Gasteiger partial charge in [-0.3, -0.25) is 14.3 Å². The second-order valence-corrected chi connectivity index (χ2v) is 21.2. The monoisotopic (exact) mass is 780 g/mol. The fourth-order valence-corrected chi connectivity index (χ4v) is 12.6. The molecule has 0 aromatic carbocycles. The van der Waals surface area contributed by atoms with Crippen LogP contribution in [-0.4, -0.2) is 106 Å². The third-order valence-corrected chi connectivity index (χ3v) is 16.5. The smallest absolute Gasteiger partial charge is 0.411 e. The van der Waals surface area contributed by atoms with E-state index < -0.39 is 58.5 Å². The third kappa shape index (κ3) is 9.87. The first-order valence-corrected chi connectivity index (χ1v) is 21.6. The van der Waals surface area contributed by atoms with E-state index >= 15 is 0 Å². The first-order valence-electron chi connectivity index (χ1n) is 18.5. The Morgan fingerprint density at radius 1 is 1.15 bits per heavy atom. The Kier molecular flexibility index (Phi) is 14.3. The molecule has 296 valence electrons. The van der Waals surface area contributed by atoms with Crippen molar-refractivity contribution >= 4 is 23.0 Å². The van der Waals surface area contributed by atoms with Crippen LogP contribution in [-0.2, 0) is 27.4 Å². The SMILES string of the molecule is [C-]#[N+]CCOP(O[C@@H]1C[C@H](n2cc(C)c(=O)[nH]c2=O)O[C@@H]1CO[Si](OC(C)(C)CC[N+]1=C(O)C2C=CC(=C1O)O2)(C(C)C)C(C)C)N(C(C)C)C(C)C. The van der Waals surface area contributed by atoms with Crippen LogP contribution in [0.2, 0.25) is 11.1 Å². The number of hydrogen-bond acceptors (Lipinski definition) is 10. The molecule has 3 aliphatic heterocycles. The molecule has 0 spiro atoms. The highest BCUT2D eigenvalue weighted by atomic mass is 31.2. The van der Waals surface area contributed by atoms with Gasteiger partial charge in [-0.05, 0) is 71.7 Å². The number of hydrogen-bond donors (Lipinski definition) is 3. The van der Waals surface area contributed by atoms with Crippen molar-refractivity contribution in [3.8, 4) is 0 Å². The number of aliphatic hydroxyl groups is 2. The average Bonchev–Trinajstić information content (AvgIpc) is 3.69. The highest BCUT2D eigenvalue weighted by Gasteiger charge is 2.51. The molecule has 4 rings (SSSR count). The molecular formula is C36H59N5O10PSi+. The molecule has 0 radical (unpaired) electrons. The van der Waals surface area contributed by atoms with Crippen LogP contribution < -0.4 is 11.2 Å². The van der Waals surface area contributed by atoms with Gasteiger partial charge >= 0.3 is 26.0 Å². The van der Waals surface area contributed by atoms with E-state index in [2.05, 4.69) is 69.9 Å². The summed E-state index contributed by atoms with van der Waals surface area (Å²) >= 11 is 0. The average molecular weight is 781 g/mol. The number of aromatic amines is 1. The first-order chi connectivity index (χ1) is 24.8. The zero-order valence-electron chi connectivity index (χ0n) is 33.0. The Hall–Kier alpha value is -2.87. The summed E-state index contributed by atoms with van der Waals surface area (Å²) in [5.74, 6) is 0.0999. The lowest BCUT2D eigenvalue weighted by Crippen LogP contribution is -2.55. The maximum Gasteiger partial charge on any atom is 0.411 e. The number of aryl methyl sites for hydroxylation is 1. The summed E-state index contributed by atoms with van der Waals surface area (Å²) in [5, 5.41) is 21.5. The highest BCUT2D eigenvalue weighted by molar-refractivity contribution is 7.44. The Balaban J connectivity index is 1.62. The summed E-state index contributed by atoms with van der Waals surface area (Å²) in [7, 11) is -4.73. The van der Waals surface area contributed by atoms with Crippen LogP contribution in [0.5, 0.6) is 0 Å². The molecule has 53 heavy (non-hydrogen) atoms. The molecule has 3 aliphatic rings. The molecule has 1 aromatic heterocycles. The minimum atomic E-state index is -3.09. The van der Waals surface area contributed by atoms with Gasteiger partial charge in [0.25, 0.3) is 14.1 Å². The van der Waals surface area contributed by atoms with Gasteiger partial charge < -0.3 is 42.4 Å². The second-order valence-electron chi connectivity index (χ2n) is 15.6. The van der Waals surface area contributed by atoms with Crippen LogP contribution in [0.25, 0.3) is 4.85 Å². The number of fused-ring (bicyclic) bond motifs is 2. The Labute approximate surface area is 315 Å². The number of nitrogens with one attached hydrogen (secondary N) is 1. The van der Waals surface area contributed by atoms with E-state index in [4.69, 9.17) is 33.9 Å². The van der Waals surface area contributed by atoms with Gasteiger partial charge in [0.2, 0.25) is 18.4 Å². The molecule has 2 bridgehead atoms. The summed E-state index contributed by atoms with van der Waals surface area (Å²) in [4.78, 5) is 31.1. The van der Waals surface area contributed by atoms with Crippen molar-refractivity contribution in [1.29, 1.82) is 0 Å². The van der Waals surface area contributed by atoms with Crippen molar-refractivity contribution in [3.05, 3.63) is 67.8 Å². The van der Waals surface area contributed by atoms with E-state index in [1.807, 2.05) is 13.8 Å². The summed E-state index contributed by atoms with van der Waals surface area (Å²) in [6.07, 6.45) is 2.99. The summed E-state index contributed by atoms with van der Waals surface area (Å²) in [6, 6.07) is 0.149. The van der Waals surface area contributed by atoms with Gasteiger partial charge in [-0.15, -0.1) is 4.58 Å². The molecule has 0 saturated carbocycles. The predicted molar refractivity (Wildman–Crippen MR) is 204 cm³/mol. The molecule has 17 heteroatoms. The van der Waals surface area contributed by atoms with E-state index in [9.17, 15) is 19.8 Å². The first kappa shape index (κ1) is 42.9. The molecule has 5 atom stereocenters. The minimum absolute atomic E-state index is 0.00757. The molecule has 0 aliphatic carbocycles. The Morgan fingerprint density at radius 3 is 2.42 bits per heavy atom. The summed E-state index contributed by atoms with van der Waals surface area (Å²) in [6.45, 7) is 30.3. The van der Waals surface area contributed by atoms with Crippen molar-refractivity contribution < 1.29 is 42.2 Å². The van der Waals surface area contributed by atoms with Crippen LogP contribution in [0.3, 0.4) is 0 Å². The van der Waals surface area contributed by atoms with E-state index in [-0.39, 0.29) is 67.7 Å². The predicted octanol–water partition coefficient (Wildman–Crippen LogP) is 5.93. The van der Waals surface area contributed by atoms with E-state index in [0.717, 1.165) is 0 Å². The lowest BCUT2D eigenvalue weighted by molar-refractivity contribution is -0.526. The molecule has 4 heterocycles. The largest absolute Gasteiger partial charge is 0.462 e. The standard InChI is InChI=1S/C36H58N5O10PSi/c1-22(2)41(23(3)4)52(46-18-16-37-12)50-29-19-31(40-20-26(9)32(42)38-35(40)45)49-30(29)21-47-53(24(5)6,25(7)8)51-36(10,11)15-17-39-33(43)27-13-14-28(48-27)34(39)44/h13-14,20,22-25,27,29-31H,15-19,21H2,1-11H3,(H2,38,42,44,45)/p+1/t27?,29-,30-,31-,52?/m1/s1. The van der Waals surface area contributed by atoms with Crippen LogP contribution in [0.15, 0.2) is 39.6 Å². The van der Waals surface area contributed by atoms with Crippen molar-refractivity contribution in [3.63, 3.8) is 0 Å². The lowest BCUT2D eigenvalue weighted by atomic mass is 10.1. The second kappa shape index (κ2) is 17.7. The van der Waals surface area contributed by atoms with Gasteiger partial charge in [0.1, 0.15) is 18.9 Å². The molecule has 3 N–H and O–H groups in total. The number of allylic oxidation sites excluding steroid dienone is 1. The van der Waals surface area contributed by atoms with Crippen LogP contribution in [0.4, 0.5) is 0 Å². The van der Waals surface area contributed by atoms with E-state index in [0.29, 0.717) is 17.7 Å². The number of nitrogens with zero attached hydrogens (tertiary/aromatic N) is 4. The molecule has 1 aromatic rings. The summed E-state index contributed by atoms with van der Waals surface area (Å²) < 4.78 is 44.2. The third-order valence-electron chi connectivity index (χ3n) is 9.65. The van der Waals surface area contributed by atoms with Crippen molar-refractivity contribution in [2.24, 2.45) is 0 Å². The maximum absolute atomic E-state index is 13.0. The number of rotatable bonds is 19. The van der Waals surface area contributed by atoms with E-state index in [1.54, 1.807) is 19.1 Å². The fourth-order valence-electron chi connectivity index (χ4n) is 6.95. The Bertz CT molecular complexity index is 1680. The van der Waals surface area contributed by atoms with Crippen LogP contribution in [0.1, 0.15) is 93.9 Å². The van der Waals surface area contributed by atoms with Crippen molar-refractivity contribution in [1.82, 2.24) is 14.2 Å². The number of aromatic nitrogens is 2. The molecule has 15 nitrogen and oxygen atoms in total. The molecular weight excluding hydrogens is 721 g/mol. The lowest BCUT2D eigenvalue weighted by Gasteiger charge is -2.44. The van der Waals surface area contributed by atoms with E-state index in [1.165, 1.54) is 15.3 Å². The van der Waals surface area contributed by atoms with Crippen molar-refractivity contribution in [2.75, 3.05) is 26.3 Å². The van der Waals surface area contributed by atoms with Gasteiger partial charge in [-0.25, -0.2) is 16.0 Å². The van der Waals surface area contributed by atoms with Crippen LogP contribution in [0, 0.1) is 13.5 Å². The Morgan fingerprint density at radius 2 is 1.81 bits per heavy atom. The fraction of sp³-hybridized carbons (Fsp3) is 0.722. The molecule has 1 fully saturated rings. The topological polar surface area (TPSA) is 161 Å². The molecule has 2 unspecified atom stereocenters. The number of aliphatic hydroxyl groups excluding tert-OH is 2. The summed E-state index contributed by atoms with van der Waals surface area (Å²) in [5.41, 5.74) is -1.38. The van der Waals surface area contributed by atoms with Gasteiger partial charge in [-0.2, -0.15) is 0 Å². The van der Waals surface area contributed by atoms with Crippen molar-refractivity contribution in [2.45, 2.75) is 142 Å². The highest BCUT2D eigenvalue weighted by Crippen LogP contribution is 2.50. The van der Waals surface area contributed by atoms with Gasteiger partial charge in [0.15, 0.2) is 6.54 Å². The molecule has 1 saturated heterocycles. The van der Waals surface area contributed by atoms with Crippen LogP contribution >= 0.6 is 8.53 Å². The quantitative estimate of drug-likeness (QED) is 0.0502. The van der Waals surface area contributed by atoms with Gasteiger partial charge in [-0.1, -0.05) is 27.7 Å². The number of H-pyrrole nitrogens is 1. The molecule has 0 amide bonds. The normalized spacial score (nSPS) is 22.6. The minimum Gasteiger partial charge on any atom is -0.462 e. The van der Waals surface area contributed by atoms with Gasteiger partial charge in [0, 0.05) is 36.7 Å². The zero-order chi connectivity index (χ0) is 39.4. The zero-order valence-corrected chi connectivity index (χ0v) is 34.9.